The van der Waals surface area contributed by atoms with Crippen LogP contribution in [0.4, 0.5) is 10.1 Å². The molecule has 1 amide bonds. The van der Waals surface area contributed by atoms with Gasteiger partial charge in [0, 0.05) is 18.8 Å². The maximum absolute atomic E-state index is 13.0. The zero-order chi connectivity index (χ0) is 20.1. The lowest BCUT2D eigenvalue weighted by Crippen LogP contribution is -2.32. The van der Waals surface area contributed by atoms with E-state index in [0.717, 1.165) is 12.8 Å². The second-order valence-corrected chi connectivity index (χ2v) is 8.53. The standard InChI is InChI=1S/C20H23FN2O4S/c1-2-19(27-17-9-5-15(21)6-10-17)20(24)22-16-7-11-18(12-8-16)28(25,26)23-13-3-4-14-23/h5-12,19H,2-4,13-14H2,1H3,(H,22,24)/t19-/m0/s1. The molecule has 1 fully saturated rings. The van der Waals surface area contributed by atoms with Gasteiger partial charge in [0.2, 0.25) is 10.0 Å². The second kappa shape index (κ2) is 8.70. The van der Waals surface area contributed by atoms with Gasteiger partial charge >= 0.3 is 0 Å². The Morgan fingerprint density at radius 3 is 2.29 bits per heavy atom. The number of nitrogens with one attached hydrogen (secondary N) is 1. The molecule has 0 unspecified atom stereocenters. The molecular formula is C20H23FN2O4S. The molecule has 0 aliphatic carbocycles. The number of hydrogen-bond donors (Lipinski definition) is 1. The Balaban J connectivity index is 1.65. The lowest BCUT2D eigenvalue weighted by molar-refractivity contribution is -0.122. The quantitative estimate of drug-likeness (QED) is 0.765. The maximum Gasteiger partial charge on any atom is 0.265 e. The first-order chi connectivity index (χ1) is 13.4. The molecule has 28 heavy (non-hydrogen) atoms. The van der Waals surface area contributed by atoms with Crippen LogP contribution in [-0.2, 0) is 14.8 Å². The summed E-state index contributed by atoms with van der Waals surface area (Å²) in [6, 6.07) is 11.6. The van der Waals surface area contributed by atoms with Crippen molar-refractivity contribution in [1.29, 1.82) is 0 Å². The van der Waals surface area contributed by atoms with E-state index >= 15 is 0 Å². The fraction of sp³-hybridized carbons (Fsp3) is 0.350. The summed E-state index contributed by atoms with van der Waals surface area (Å²) in [6.45, 7) is 2.89. The van der Waals surface area contributed by atoms with E-state index in [2.05, 4.69) is 5.32 Å². The van der Waals surface area contributed by atoms with Crippen LogP contribution in [0.25, 0.3) is 0 Å². The first kappa shape index (κ1) is 20.3. The number of benzene rings is 2. The average molecular weight is 406 g/mol. The minimum absolute atomic E-state index is 0.210. The van der Waals surface area contributed by atoms with Gasteiger partial charge in [-0.1, -0.05) is 6.92 Å². The van der Waals surface area contributed by atoms with Crippen LogP contribution in [0.1, 0.15) is 26.2 Å². The predicted molar refractivity (Wildman–Crippen MR) is 104 cm³/mol. The number of halogens is 1. The van der Waals surface area contributed by atoms with Crippen molar-refractivity contribution in [3.05, 3.63) is 54.3 Å². The zero-order valence-corrected chi connectivity index (χ0v) is 16.4. The fourth-order valence-corrected chi connectivity index (χ4v) is 4.53. The van der Waals surface area contributed by atoms with E-state index in [1.807, 2.05) is 0 Å². The van der Waals surface area contributed by atoms with Crippen molar-refractivity contribution in [2.75, 3.05) is 18.4 Å². The van der Waals surface area contributed by atoms with Crippen LogP contribution in [0, 0.1) is 5.82 Å². The van der Waals surface area contributed by atoms with Crippen molar-refractivity contribution in [3.8, 4) is 5.75 Å². The van der Waals surface area contributed by atoms with Gasteiger partial charge in [-0.15, -0.1) is 0 Å². The fourth-order valence-electron chi connectivity index (χ4n) is 3.01. The Morgan fingerprint density at radius 2 is 1.71 bits per heavy atom. The molecule has 0 bridgehead atoms. The van der Waals surface area contributed by atoms with Crippen molar-refractivity contribution < 1.29 is 22.3 Å². The van der Waals surface area contributed by atoms with Crippen LogP contribution < -0.4 is 10.1 Å². The Hall–Kier alpha value is -2.45. The van der Waals surface area contributed by atoms with Gasteiger partial charge in [0.1, 0.15) is 11.6 Å². The number of nitrogens with zero attached hydrogens (tertiary/aromatic N) is 1. The Kier molecular flexibility index (Phi) is 6.31. The van der Waals surface area contributed by atoms with E-state index in [9.17, 15) is 17.6 Å². The summed E-state index contributed by atoms with van der Waals surface area (Å²) < 4.78 is 45.2. The van der Waals surface area contributed by atoms with Crippen molar-refractivity contribution in [3.63, 3.8) is 0 Å². The number of anilines is 1. The molecule has 0 saturated carbocycles. The highest BCUT2D eigenvalue weighted by molar-refractivity contribution is 7.89. The van der Waals surface area contributed by atoms with Gasteiger partial charge in [-0.3, -0.25) is 4.79 Å². The molecule has 1 atom stereocenters. The van der Waals surface area contributed by atoms with Gasteiger partial charge in [0.25, 0.3) is 5.91 Å². The second-order valence-electron chi connectivity index (χ2n) is 6.59. The van der Waals surface area contributed by atoms with Crippen LogP contribution in [0.3, 0.4) is 0 Å². The SMILES string of the molecule is CC[C@H](Oc1ccc(F)cc1)C(=O)Nc1ccc(S(=O)(=O)N2CCCC2)cc1. The smallest absolute Gasteiger partial charge is 0.265 e. The lowest BCUT2D eigenvalue weighted by Gasteiger charge is -2.18. The molecule has 8 heteroatoms. The number of carbonyl (C=O) groups excluding carboxylic acids is 1. The summed E-state index contributed by atoms with van der Waals surface area (Å²) in [5, 5.41) is 2.73. The summed E-state index contributed by atoms with van der Waals surface area (Å²) in [5.41, 5.74) is 0.478. The molecule has 0 radical (unpaired) electrons. The monoisotopic (exact) mass is 406 g/mol. The number of sulfonamides is 1. The van der Waals surface area contributed by atoms with Crippen molar-refractivity contribution in [1.82, 2.24) is 4.31 Å². The Bertz CT molecular complexity index is 908. The summed E-state index contributed by atoms with van der Waals surface area (Å²) in [7, 11) is -3.48. The molecule has 2 aromatic rings. The molecule has 0 aromatic heterocycles. The maximum atomic E-state index is 13.0. The largest absolute Gasteiger partial charge is 0.481 e. The first-order valence-corrected chi connectivity index (χ1v) is 10.7. The summed E-state index contributed by atoms with van der Waals surface area (Å²) in [6.07, 6.45) is 1.42. The van der Waals surface area contributed by atoms with Crippen LogP contribution in [-0.4, -0.2) is 37.8 Å². The van der Waals surface area contributed by atoms with E-state index in [1.54, 1.807) is 19.1 Å². The number of carbonyl (C=O) groups is 1. The van der Waals surface area contributed by atoms with E-state index in [4.69, 9.17) is 4.74 Å². The number of amides is 1. The van der Waals surface area contributed by atoms with Gasteiger partial charge < -0.3 is 10.1 Å². The Labute approximate surface area is 164 Å². The molecule has 1 aliphatic heterocycles. The third kappa shape index (κ3) is 4.69. The molecule has 2 aromatic carbocycles. The number of ether oxygens (including phenoxy) is 1. The number of hydrogen-bond acceptors (Lipinski definition) is 4. The van der Waals surface area contributed by atoms with Gasteiger partial charge in [-0.2, -0.15) is 4.31 Å². The topological polar surface area (TPSA) is 75.7 Å². The van der Waals surface area contributed by atoms with Gasteiger partial charge in [0.15, 0.2) is 6.10 Å². The average Bonchev–Trinajstić information content (AvgIpc) is 3.23. The van der Waals surface area contributed by atoms with Crippen molar-refractivity contribution >= 4 is 21.6 Å². The van der Waals surface area contributed by atoms with E-state index in [1.165, 1.54) is 40.7 Å². The lowest BCUT2D eigenvalue weighted by atomic mass is 10.2. The van der Waals surface area contributed by atoms with Crippen LogP contribution in [0.2, 0.25) is 0 Å². The molecule has 1 heterocycles. The van der Waals surface area contributed by atoms with Gasteiger partial charge in [-0.25, -0.2) is 12.8 Å². The molecule has 3 rings (SSSR count). The molecule has 1 aliphatic rings. The zero-order valence-electron chi connectivity index (χ0n) is 15.6. The first-order valence-electron chi connectivity index (χ1n) is 9.23. The molecule has 1 N–H and O–H groups in total. The van der Waals surface area contributed by atoms with E-state index < -0.39 is 16.1 Å². The summed E-state index contributed by atoms with van der Waals surface area (Å²) in [5.74, 6) is -0.341. The van der Waals surface area contributed by atoms with E-state index in [-0.39, 0.29) is 16.6 Å². The molecule has 150 valence electrons. The Morgan fingerprint density at radius 1 is 1.11 bits per heavy atom. The van der Waals surface area contributed by atoms with Crippen molar-refractivity contribution in [2.45, 2.75) is 37.2 Å². The van der Waals surface area contributed by atoms with Gasteiger partial charge in [-0.05, 0) is 67.8 Å². The number of rotatable bonds is 7. The minimum atomic E-state index is -3.48. The van der Waals surface area contributed by atoms with Gasteiger partial charge in [0.05, 0.1) is 4.90 Å². The van der Waals surface area contributed by atoms with Crippen LogP contribution >= 0.6 is 0 Å². The van der Waals surface area contributed by atoms with Crippen LogP contribution in [0.5, 0.6) is 5.75 Å². The normalized spacial score (nSPS) is 15.9. The predicted octanol–water partition coefficient (Wildman–Crippen LogP) is 3.41. The third-order valence-electron chi connectivity index (χ3n) is 4.58. The van der Waals surface area contributed by atoms with E-state index in [0.29, 0.717) is 30.9 Å². The third-order valence-corrected chi connectivity index (χ3v) is 6.49. The minimum Gasteiger partial charge on any atom is -0.481 e. The summed E-state index contributed by atoms with van der Waals surface area (Å²) in [4.78, 5) is 12.7. The summed E-state index contributed by atoms with van der Waals surface area (Å²) >= 11 is 0. The van der Waals surface area contributed by atoms with Crippen LogP contribution in [0.15, 0.2) is 53.4 Å². The van der Waals surface area contributed by atoms with Crippen molar-refractivity contribution in [2.24, 2.45) is 0 Å². The molecule has 1 saturated heterocycles. The highest BCUT2D eigenvalue weighted by atomic mass is 32.2. The highest BCUT2D eigenvalue weighted by Crippen LogP contribution is 2.22. The highest BCUT2D eigenvalue weighted by Gasteiger charge is 2.27. The molecular weight excluding hydrogens is 383 g/mol. The molecule has 0 spiro atoms. The molecule has 6 nitrogen and oxygen atoms in total.